The van der Waals surface area contributed by atoms with Crippen LogP contribution in [0.25, 0.3) is 11.0 Å². The van der Waals surface area contributed by atoms with Crippen molar-refractivity contribution in [1.82, 2.24) is 29.7 Å². The van der Waals surface area contributed by atoms with Crippen LogP contribution in [0.4, 0.5) is 23.1 Å². The fraction of sp³-hybridized carbons (Fsp3) is 0.321. The lowest BCUT2D eigenvalue weighted by atomic mass is 10.1. The number of anilines is 4. The molecule has 2 N–H and O–H groups in total. The van der Waals surface area contributed by atoms with E-state index in [1.807, 2.05) is 52.8 Å². The second kappa shape index (κ2) is 12.9. The molecule has 3 heterocycles. The maximum absolute atomic E-state index is 13.2. The van der Waals surface area contributed by atoms with Crippen molar-refractivity contribution >= 4 is 68.0 Å². The molecule has 0 unspecified atom stereocenters. The molecule has 0 saturated carbocycles. The number of carbonyl (C=O) groups is 1. The van der Waals surface area contributed by atoms with Gasteiger partial charge in [0.05, 0.1) is 28.5 Å². The lowest BCUT2D eigenvalue weighted by Gasteiger charge is -2.32. The number of ether oxygens (including phenoxy) is 1. The first-order valence-electron chi connectivity index (χ1n) is 13.1. The molecule has 4 aromatic rings. The first-order valence-corrected chi connectivity index (χ1v) is 15.0. The van der Waals surface area contributed by atoms with Gasteiger partial charge >= 0.3 is 0 Å². The molecule has 0 atom stereocenters. The molecule has 2 aromatic carbocycles. The van der Waals surface area contributed by atoms with Crippen molar-refractivity contribution in [3.8, 4) is 5.75 Å². The molecule has 0 bridgehead atoms. The number of benzene rings is 2. The number of rotatable bonds is 9. The third-order valence-corrected chi connectivity index (χ3v) is 8.27. The number of methoxy groups -OCH3 is 1. The van der Waals surface area contributed by atoms with Gasteiger partial charge in [0.25, 0.3) is 5.91 Å². The number of carbonyl (C=O) groups excluding carboxylic acids is 1. The molecule has 1 aliphatic rings. The van der Waals surface area contributed by atoms with E-state index in [2.05, 4.69) is 53.5 Å². The van der Waals surface area contributed by atoms with Crippen LogP contribution in [-0.4, -0.2) is 89.3 Å². The highest BCUT2D eigenvalue weighted by molar-refractivity contribution is 9.10. The van der Waals surface area contributed by atoms with Gasteiger partial charge in [-0.2, -0.15) is 4.98 Å². The predicted molar refractivity (Wildman–Crippen MR) is 168 cm³/mol. The van der Waals surface area contributed by atoms with E-state index in [1.54, 1.807) is 37.6 Å². The Hall–Kier alpha value is -3.68. The van der Waals surface area contributed by atoms with E-state index >= 15 is 0 Å². The number of amides is 1. The fourth-order valence-electron chi connectivity index (χ4n) is 4.62. The Morgan fingerprint density at radius 1 is 1.12 bits per heavy atom. The number of piperazine rings is 1. The van der Waals surface area contributed by atoms with E-state index < -0.39 is 0 Å². The summed E-state index contributed by atoms with van der Waals surface area (Å²) in [6.45, 7) is 3.55. The maximum Gasteiger partial charge on any atom is 0.253 e. The number of likely N-dealkylation sites (N-methyl/N-ethyl adjacent to an activating group) is 1. The lowest BCUT2D eigenvalue weighted by molar-refractivity contribution is 0.0664. The number of nitrogens with one attached hydrogen (secondary N) is 2. The molecule has 0 aliphatic carbocycles. The number of fused-ring (bicyclic) bond motifs is 1. The molecule has 1 fully saturated rings. The van der Waals surface area contributed by atoms with Gasteiger partial charge in [0.1, 0.15) is 17.1 Å². The Balaban J connectivity index is 1.36. The van der Waals surface area contributed by atoms with Crippen molar-refractivity contribution in [2.24, 2.45) is 0 Å². The van der Waals surface area contributed by atoms with Crippen LogP contribution in [0.3, 0.4) is 0 Å². The molecule has 0 spiro atoms. The van der Waals surface area contributed by atoms with Gasteiger partial charge in [0.2, 0.25) is 5.95 Å². The molecule has 41 heavy (non-hydrogen) atoms. The lowest BCUT2D eigenvalue weighted by Crippen LogP contribution is -2.47. The van der Waals surface area contributed by atoms with Crippen molar-refractivity contribution in [2.75, 3.05) is 68.6 Å². The third-order valence-electron chi connectivity index (χ3n) is 6.95. The number of hydrogen-bond donors (Lipinski definition) is 2. The summed E-state index contributed by atoms with van der Waals surface area (Å²) in [5.74, 6) is 1.73. The van der Waals surface area contributed by atoms with Crippen LogP contribution in [0, 0.1) is 0 Å². The molecular weight excluding hydrogens is 606 g/mol. The summed E-state index contributed by atoms with van der Waals surface area (Å²) in [4.78, 5) is 35.5. The molecule has 1 amide bonds. The fourth-order valence-corrected chi connectivity index (χ4v) is 5.27. The minimum absolute atomic E-state index is 0.0273. The topological polar surface area (TPSA) is 112 Å². The van der Waals surface area contributed by atoms with Gasteiger partial charge in [0.15, 0.2) is 0 Å². The number of hydrogen-bond acceptors (Lipinski definition) is 11. The van der Waals surface area contributed by atoms with Crippen LogP contribution in [-0.2, 0) is 6.54 Å². The first kappa shape index (κ1) is 28.8. The second-order valence-corrected chi connectivity index (χ2v) is 11.3. The smallest absolute Gasteiger partial charge is 0.253 e. The number of halogens is 1. The van der Waals surface area contributed by atoms with Crippen LogP contribution in [0.1, 0.15) is 15.9 Å². The molecule has 1 aliphatic heterocycles. The van der Waals surface area contributed by atoms with Crippen molar-refractivity contribution < 1.29 is 9.53 Å². The van der Waals surface area contributed by atoms with E-state index in [1.165, 1.54) is 0 Å². The Labute approximate surface area is 252 Å². The van der Waals surface area contributed by atoms with Crippen molar-refractivity contribution in [3.05, 3.63) is 64.5 Å². The van der Waals surface area contributed by atoms with Crippen LogP contribution < -0.4 is 19.7 Å². The summed E-state index contributed by atoms with van der Waals surface area (Å²) in [7, 11) is 5.68. The van der Waals surface area contributed by atoms with Gasteiger partial charge in [-0.05, 0) is 53.3 Å². The van der Waals surface area contributed by atoms with Crippen LogP contribution >= 0.6 is 27.9 Å². The Bertz CT molecular complexity index is 1550. The van der Waals surface area contributed by atoms with Gasteiger partial charge < -0.3 is 29.5 Å². The molecule has 1 saturated heterocycles. The Morgan fingerprint density at radius 3 is 2.66 bits per heavy atom. The molecular formula is C28H32BrN9O2S. The van der Waals surface area contributed by atoms with E-state index in [-0.39, 0.29) is 5.91 Å². The first-order chi connectivity index (χ1) is 19.9. The van der Waals surface area contributed by atoms with E-state index in [9.17, 15) is 4.79 Å². The average Bonchev–Trinajstić information content (AvgIpc) is 3.00. The summed E-state index contributed by atoms with van der Waals surface area (Å²) >= 11 is 5.15. The molecule has 11 nitrogen and oxygen atoms in total. The largest absolute Gasteiger partial charge is 0.496 e. The zero-order valence-corrected chi connectivity index (χ0v) is 25.8. The molecule has 0 radical (unpaired) electrons. The summed E-state index contributed by atoms with van der Waals surface area (Å²) in [5.41, 5.74) is 4.80. The molecule has 5 rings (SSSR count). The minimum atomic E-state index is 0.0273. The maximum atomic E-state index is 13.2. The molecule has 13 heteroatoms. The quantitative estimate of drug-likeness (QED) is 0.250. The zero-order chi connectivity index (χ0) is 28.9. The van der Waals surface area contributed by atoms with Gasteiger partial charge in [-0.3, -0.25) is 14.8 Å². The van der Waals surface area contributed by atoms with Gasteiger partial charge in [0, 0.05) is 75.7 Å². The Morgan fingerprint density at radius 2 is 1.90 bits per heavy atom. The summed E-state index contributed by atoms with van der Waals surface area (Å²) in [5, 5.41) is 6.72. The highest BCUT2D eigenvalue weighted by atomic mass is 79.9. The molecule has 214 valence electrons. The van der Waals surface area contributed by atoms with Crippen LogP contribution in [0.2, 0.25) is 0 Å². The predicted octanol–water partition coefficient (Wildman–Crippen LogP) is 4.65. The van der Waals surface area contributed by atoms with Gasteiger partial charge in [-0.15, -0.1) is 0 Å². The highest BCUT2D eigenvalue weighted by Gasteiger charge is 2.21. The van der Waals surface area contributed by atoms with E-state index in [4.69, 9.17) is 9.72 Å². The third kappa shape index (κ3) is 6.47. The summed E-state index contributed by atoms with van der Waals surface area (Å²) in [6, 6.07) is 9.43. The highest BCUT2D eigenvalue weighted by Crippen LogP contribution is 2.37. The van der Waals surface area contributed by atoms with Gasteiger partial charge in [-0.25, -0.2) is 4.98 Å². The average molecular weight is 639 g/mol. The zero-order valence-electron chi connectivity index (χ0n) is 23.4. The monoisotopic (exact) mass is 637 g/mol. The van der Waals surface area contributed by atoms with Crippen molar-refractivity contribution in [1.29, 1.82) is 0 Å². The standard InChI is InChI=1S/C28H32BrN9O2S/c1-36-11-13-38(14-12-36)27(39)18-5-8-23(40-3)19(15-18)16-32-28-33-17-20(29)26(35-28)34-22-7-6-21-24(31-10-9-30-21)25(22)37(2)41-4/h5-10,15,17H,11-14,16H2,1-4H3,(H2,32,33,34,35). The van der Waals surface area contributed by atoms with Gasteiger partial charge in [-0.1, -0.05) is 11.9 Å². The summed E-state index contributed by atoms with van der Waals surface area (Å²) in [6.07, 6.45) is 7.07. The number of nitrogens with zero attached hydrogens (tertiary/aromatic N) is 7. The number of aromatic nitrogens is 4. The summed E-state index contributed by atoms with van der Waals surface area (Å²) < 4.78 is 8.33. The SMILES string of the molecule is COc1ccc(C(=O)N2CCN(C)CC2)cc1CNc1ncc(Br)c(Nc2ccc3nccnc3c2N(C)SC)n1. The van der Waals surface area contributed by atoms with E-state index in [0.29, 0.717) is 34.1 Å². The normalized spacial score (nSPS) is 13.7. The van der Waals surface area contributed by atoms with E-state index in [0.717, 1.165) is 54.2 Å². The van der Waals surface area contributed by atoms with Crippen molar-refractivity contribution in [2.45, 2.75) is 6.54 Å². The van der Waals surface area contributed by atoms with Crippen LogP contribution in [0.15, 0.2) is 53.4 Å². The second-order valence-electron chi connectivity index (χ2n) is 9.56. The van der Waals surface area contributed by atoms with Crippen LogP contribution in [0.5, 0.6) is 5.75 Å². The minimum Gasteiger partial charge on any atom is -0.496 e. The molecule has 2 aromatic heterocycles. The van der Waals surface area contributed by atoms with Crippen molar-refractivity contribution in [3.63, 3.8) is 0 Å². The Kier molecular flexibility index (Phi) is 9.06.